The Morgan fingerprint density at radius 2 is 1.78 bits per heavy atom. The van der Waals surface area contributed by atoms with Crippen molar-refractivity contribution < 1.29 is 4.79 Å². The van der Waals surface area contributed by atoms with Gasteiger partial charge in [-0.25, -0.2) is 0 Å². The smallest absolute Gasteiger partial charge is 0.255 e. The zero-order chi connectivity index (χ0) is 13.0. The van der Waals surface area contributed by atoms with Crippen LogP contribution in [-0.4, -0.2) is 5.91 Å². The van der Waals surface area contributed by atoms with Crippen molar-refractivity contribution in [3.8, 4) is 0 Å². The minimum Gasteiger partial charge on any atom is -0.322 e. The first-order chi connectivity index (χ1) is 8.70. The molecule has 1 amide bonds. The van der Waals surface area contributed by atoms with E-state index in [1.54, 1.807) is 24.3 Å². The van der Waals surface area contributed by atoms with Gasteiger partial charge in [0.05, 0.1) is 0 Å². The molecule has 18 heavy (non-hydrogen) atoms. The maximum absolute atomic E-state index is 12.0. The molecule has 0 fully saturated rings. The van der Waals surface area contributed by atoms with Crippen molar-refractivity contribution in [3.63, 3.8) is 0 Å². The van der Waals surface area contributed by atoms with Gasteiger partial charge in [0, 0.05) is 21.6 Å². The molecule has 0 atom stereocenters. The Labute approximate surface area is 119 Å². The van der Waals surface area contributed by atoms with E-state index in [0.29, 0.717) is 15.9 Å². The first kappa shape index (κ1) is 13.1. The van der Waals surface area contributed by atoms with E-state index in [-0.39, 0.29) is 5.91 Å². The fourth-order valence-corrected chi connectivity index (χ4v) is 2.17. The van der Waals surface area contributed by atoms with Crippen LogP contribution in [0.4, 0.5) is 5.69 Å². The molecule has 92 valence electrons. The highest BCUT2D eigenvalue weighted by molar-refractivity contribution is 9.08. The fraction of sp³-hybridized carbons (Fsp3) is 0.0714. The summed E-state index contributed by atoms with van der Waals surface area (Å²) in [5.41, 5.74) is 2.44. The van der Waals surface area contributed by atoms with Gasteiger partial charge in [0.25, 0.3) is 5.91 Å². The van der Waals surface area contributed by atoms with Gasteiger partial charge in [-0.05, 0) is 35.9 Å². The maximum atomic E-state index is 12.0. The molecule has 2 aromatic rings. The second-order valence-electron chi connectivity index (χ2n) is 3.75. The molecule has 0 unspecified atom stereocenters. The molecular weight excluding hydrogens is 314 g/mol. The predicted octanol–water partition coefficient (Wildman–Crippen LogP) is 4.49. The second kappa shape index (κ2) is 6.03. The summed E-state index contributed by atoms with van der Waals surface area (Å²) in [6.45, 7) is 0. The van der Waals surface area contributed by atoms with Gasteiger partial charge in [-0.2, -0.15) is 0 Å². The van der Waals surface area contributed by atoms with Crippen molar-refractivity contribution in [2.45, 2.75) is 5.33 Å². The van der Waals surface area contributed by atoms with E-state index >= 15 is 0 Å². The van der Waals surface area contributed by atoms with Crippen LogP contribution >= 0.6 is 27.5 Å². The number of rotatable bonds is 3. The Hall–Kier alpha value is -1.32. The summed E-state index contributed by atoms with van der Waals surface area (Å²) >= 11 is 9.18. The summed E-state index contributed by atoms with van der Waals surface area (Å²) in [5, 5.41) is 4.20. The highest BCUT2D eigenvalue weighted by atomic mass is 79.9. The first-order valence-electron chi connectivity index (χ1n) is 5.41. The zero-order valence-electron chi connectivity index (χ0n) is 9.49. The summed E-state index contributed by atoms with van der Waals surface area (Å²) in [5.74, 6) is -0.139. The highest BCUT2D eigenvalue weighted by Gasteiger charge is 2.07. The quantitative estimate of drug-likeness (QED) is 0.828. The van der Waals surface area contributed by atoms with Crippen LogP contribution in [0.2, 0.25) is 5.02 Å². The number of carbonyl (C=O) groups is 1. The number of benzene rings is 2. The molecule has 0 saturated heterocycles. The molecular formula is C14H11BrClNO. The lowest BCUT2D eigenvalue weighted by Gasteiger charge is -2.09. The first-order valence-corrected chi connectivity index (χ1v) is 6.91. The Morgan fingerprint density at radius 1 is 1.11 bits per heavy atom. The normalized spacial score (nSPS) is 10.1. The molecule has 0 saturated carbocycles. The van der Waals surface area contributed by atoms with Crippen LogP contribution in [0.5, 0.6) is 0 Å². The standard InChI is InChI=1S/C14H11BrClNO/c15-9-11-3-1-2-4-13(11)17-14(18)10-5-7-12(16)8-6-10/h1-8H,9H2,(H,17,18). The van der Waals surface area contributed by atoms with Gasteiger partial charge in [-0.3, -0.25) is 4.79 Å². The van der Waals surface area contributed by atoms with Gasteiger partial charge in [0.2, 0.25) is 0 Å². The Morgan fingerprint density at radius 3 is 2.44 bits per heavy atom. The summed E-state index contributed by atoms with van der Waals surface area (Å²) < 4.78 is 0. The summed E-state index contributed by atoms with van der Waals surface area (Å²) in [7, 11) is 0. The van der Waals surface area contributed by atoms with Gasteiger partial charge >= 0.3 is 0 Å². The molecule has 0 spiro atoms. The molecule has 1 N–H and O–H groups in total. The number of hydrogen-bond acceptors (Lipinski definition) is 1. The molecule has 0 aliphatic heterocycles. The zero-order valence-corrected chi connectivity index (χ0v) is 11.8. The van der Waals surface area contributed by atoms with Gasteiger partial charge < -0.3 is 5.32 Å². The molecule has 0 heterocycles. The average molecular weight is 325 g/mol. The van der Waals surface area contributed by atoms with Crippen LogP contribution in [0.15, 0.2) is 48.5 Å². The predicted molar refractivity (Wildman–Crippen MR) is 78.5 cm³/mol. The monoisotopic (exact) mass is 323 g/mol. The Balaban J connectivity index is 2.18. The lowest BCUT2D eigenvalue weighted by Crippen LogP contribution is -2.12. The molecule has 4 heteroatoms. The molecule has 0 bridgehead atoms. The van der Waals surface area contributed by atoms with Gasteiger partial charge in [0.15, 0.2) is 0 Å². The van der Waals surface area contributed by atoms with E-state index in [9.17, 15) is 4.79 Å². The largest absolute Gasteiger partial charge is 0.322 e. The number of amides is 1. The van der Waals surface area contributed by atoms with Crippen LogP contribution < -0.4 is 5.32 Å². The topological polar surface area (TPSA) is 29.1 Å². The van der Waals surface area contributed by atoms with E-state index in [1.807, 2.05) is 24.3 Å². The van der Waals surface area contributed by atoms with E-state index in [1.165, 1.54) is 0 Å². The minimum atomic E-state index is -0.139. The van der Waals surface area contributed by atoms with Crippen LogP contribution in [0.25, 0.3) is 0 Å². The van der Waals surface area contributed by atoms with Crippen molar-refractivity contribution in [3.05, 3.63) is 64.7 Å². The Bertz CT molecular complexity index is 554. The number of anilines is 1. The van der Waals surface area contributed by atoms with Crippen molar-refractivity contribution in [2.24, 2.45) is 0 Å². The molecule has 0 aliphatic carbocycles. The number of alkyl halides is 1. The summed E-state index contributed by atoms with van der Waals surface area (Å²) in [4.78, 5) is 12.0. The number of nitrogens with one attached hydrogen (secondary N) is 1. The highest BCUT2D eigenvalue weighted by Crippen LogP contribution is 2.19. The van der Waals surface area contributed by atoms with Crippen LogP contribution in [0.3, 0.4) is 0 Å². The fourth-order valence-electron chi connectivity index (χ4n) is 1.55. The maximum Gasteiger partial charge on any atom is 0.255 e. The summed E-state index contributed by atoms with van der Waals surface area (Å²) in [6, 6.07) is 14.5. The SMILES string of the molecule is O=C(Nc1ccccc1CBr)c1ccc(Cl)cc1. The number of para-hydroxylation sites is 1. The van der Waals surface area contributed by atoms with Crippen LogP contribution in [0, 0.1) is 0 Å². The van der Waals surface area contributed by atoms with Crippen LogP contribution in [-0.2, 0) is 5.33 Å². The van der Waals surface area contributed by atoms with E-state index < -0.39 is 0 Å². The molecule has 2 rings (SSSR count). The third-order valence-electron chi connectivity index (χ3n) is 2.52. The molecule has 2 nitrogen and oxygen atoms in total. The summed E-state index contributed by atoms with van der Waals surface area (Å²) in [6.07, 6.45) is 0. The van der Waals surface area contributed by atoms with Crippen molar-refractivity contribution in [1.29, 1.82) is 0 Å². The molecule has 0 aromatic heterocycles. The van der Waals surface area contributed by atoms with E-state index in [2.05, 4.69) is 21.2 Å². The van der Waals surface area contributed by atoms with Crippen molar-refractivity contribution in [1.82, 2.24) is 0 Å². The van der Waals surface area contributed by atoms with E-state index in [0.717, 1.165) is 11.3 Å². The lowest BCUT2D eigenvalue weighted by molar-refractivity contribution is 0.102. The third kappa shape index (κ3) is 3.12. The third-order valence-corrected chi connectivity index (χ3v) is 3.37. The van der Waals surface area contributed by atoms with Gasteiger partial charge in [-0.15, -0.1) is 0 Å². The minimum absolute atomic E-state index is 0.139. The molecule has 0 radical (unpaired) electrons. The molecule has 2 aromatic carbocycles. The Kier molecular flexibility index (Phi) is 4.39. The lowest BCUT2D eigenvalue weighted by atomic mass is 10.1. The van der Waals surface area contributed by atoms with Crippen molar-refractivity contribution in [2.75, 3.05) is 5.32 Å². The van der Waals surface area contributed by atoms with Crippen LogP contribution in [0.1, 0.15) is 15.9 Å². The second-order valence-corrected chi connectivity index (χ2v) is 4.75. The average Bonchev–Trinajstić information content (AvgIpc) is 2.40. The van der Waals surface area contributed by atoms with Crippen molar-refractivity contribution >= 4 is 39.1 Å². The van der Waals surface area contributed by atoms with E-state index in [4.69, 9.17) is 11.6 Å². The van der Waals surface area contributed by atoms with Gasteiger partial charge in [0.1, 0.15) is 0 Å². The molecule has 0 aliphatic rings. The number of halogens is 2. The van der Waals surface area contributed by atoms with Gasteiger partial charge in [-0.1, -0.05) is 45.7 Å². The number of carbonyl (C=O) groups excluding carboxylic acids is 1. The number of hydrogen-bond donors (Lipinski definition) is 1.